The van der Waals surface area contributed by atoms with Crippen LogP contribution in [0, 0.1) is 0 Å². The van der Waals surface area contributed by atoms with Crippen molar-refractivity contribution in [1.82, 2.24) is 0 Å². The Kier molecular flexibility index (Phi) is 1.54. The van der Waals surface area contributed by atoms with Gasteiger partial charge in [-0.05, 0) is 20.8 Å². The number of thioether (sulfide) groups is 1. The summed E-state index contributed by atoms with van der Waals surface area (Å²) in [5.74, 6) is 0. The van der Waals surface area contributed by atoms with Crippen LogP contribution >= 0.6 is 11.8 Å². The van der Waals surface area contributed by atoms with Gasteiger partial charge in [-0.3, -0.25) is 0 Å². The van der Waals surface area contributed by atoms with E-state index in [1.807, 2.05) is 11.8 Å². The van der Waals surface area contributed by atoms with Crippen molar-refractivity contribution >= 4 is 11.8 Å². The predicted octanol–water partition coefficient (Wildman–Crippen LogP) is 1.87. The Morgan fingerprint density at radius 2 is 2.25 bits per heavy atom. The Hall–Kier alpha value is 0.310. The second-order valence-corrected chi connectivity index (χ2v) is 4.76. The van der Waals surface area contributed by atoms with Crippen molar-refractivity contribution in [2.75, 3.05) is 6.61 Å². The first-order valence-corrected chi connectivity index (χ1v) is 3.77. The quantitative estimate of drug-likeness (QED) is 0.497. The normalized spacial score (nSPS) is 35.6. The lowest BCUT2D eigenvalue weighted by Gasteiger charge is -2.11. The first-order chi connectivity index (χ1) is 3.60. The van der Waals surface area contributed by atoms with Crippen LogP contribution in [0.3, 0.4) is 0 Å². The summed E-state index contributed by atoms with van der Waals surface area (Å²) >= 11 is 1.90. The van der Waals surface area contributed by atoms with Crippen LogP contribution in [0.15, 0.2) is 0 Å². The Labute approximate surface area is 54.8 Å². The minimum atomic E-state index is 0.361. The molecule has 1 aliphatic heterocycles. The van der Waals surface area contributed by atoms with Gasteiger partial charge in [0.05, 0.1) is 6.61 Å². The van der Waals surface area contributed by atoms with E-state index in [1.54, 1.807) is 0 Å². The molecule has 0 saturated carbocycles. The van der Waals surface area contributed by atoms with Gasteiger partial charge >= 0.3 is 0 Å². The van der Waals surface area contributed by atoms with Gasteiger partial charge < -0.3 is 4.74 Å². The van der Waals surface area contributed by atoms with E-state index in [1.165, 1.54) is 0 Å². The molecular weight excluding hydrogens is 120 g/mol. The molecule has 0 aliphatic carbocycles. The zero-order chi connectivity index (χ0) is 6.20. The molecule has 1 unspecified atom stereocenters. The van der Waals surface area contributed by atoms with Crippen molar-refractivity contribution in [3.63, 3.8) is 0 Å². The maximum Gasteiger partial charge on any atom is 0.101 e. The van der Waals surface area contributed by atoms with E-state index < -0.39 is 0 Å². The number of rotatable bonds is 0. The van der Waals surface area contributed by atoms with E-state index in [0.717, 1.165) is 6.61 Å². The molecule has 1 heterocycles. The van der Waals surface area contributed by atoms with Crippen molar-refractivity contribution in [3.8, 4) is 0 Å². The van der Waals surface area contributed by atoms with Gasteiger partial charge in [-0.25, -0.2) is 0 Å². The molecule has 1 saturated heterocycles. The lowest BCUT2D eigenvalue weighted by atomic mass is 10.2. The number of hydrogen-bond donors (Lipinski definition) is 0. The van der Waals surface area contributed by atoms with Gasteiger partial charge in [-0.2, -0.15) is 0 Å². The molecular formula is C6H12OS. The summed E-state index contributed by atoms with van der Waals surface area (Å²) in [7, 11) is 0. The third-order valence-electron chi connectivity index (χ3n) is 1.15. The minimum Gasteiger partial charge on any atom is -0.366 e. The standard InChI is InChI=1S/C6H12OS/c1-5-7-4-6(2,3)8-5/h5H,4H2,1-3H3. The molecule has 1 atom stereocenters. The van der Waals surface area contributed by atoms with Crippen molar-refractivity contribution in [2.24, 2.45) is 0 Å². The molecule has 1 rings (SSSR count). The molecule has 1 aliphatic rings. The average Bonchev–Trinajstić information content (AvgIpc) is 1.82. The summed E-state index contributed by atoms with van der Waals surface area (Å²) < 4.78 is 5.69. The first kappa shape index (κ1) is 6.43. The summed E-state index contributed by atoms with van der Waals surface area (Å²) in [5.41, 5.74) is 0.407. The second-order valence-electron chi connectivity index (χ2n) is 2.76. The van der Waals surface area contributed by atoms with Crippen molar-refractivity contribution in [1.29, 1.82) is 0 Å². The van der Waals surface area contributed by atoms with E-state index in [-0.39, 0.29) is 0 Å². The minimum absolute atomic E-state index is 0.361. The van der Waals surface area contributed by atoms with Gasteiger partial charge in [0.15, 0.2) is 0 Å². The van der Waals surface area contributed by atoms with Gasteiger partial charge in [-0.1, -0.05) is 0 Å². The largest absolute Gasteiger partial charge is 0.366 e. The highest BCUT2D eigenvalue weighted by Crippen LogP contribution is 2.35. The summed E-state index contributed by atoms with van der Waals surface area (Å²) in [6.07, 6.45) is 0. The van der Waals surface area contributed by atoms with Crippen LogP contribution in [0.5, 0.6) is 0 Å². The van der Waals surface area contributed by atoms with E-state index in [9.17, 15) is 0 Å². The third kappa shape index (κ3) is 1.39. The second kappa shape index (κ2) is 1.92. The summed E-state index contributed by atoms with van der Waals surface area (Å²) in [6, 6.07) is 0. The predicted molar refractivity (Wildman–Crippen MR) is 37.1 cm³/mol. The highest BCUT2D eigenvalue weighted by molar-refractivity contribution is 8.01. The average molecular weight is 132 g/mol. The molecule has 0 amide bonds. The zero-order valence-electron chi connectivity index (χ0n) is 5.60. The molecule has 0 radical (unpaired) electrons. The van der Waals surface area contributed by atoms with Crippen molar-refractivity contribution in [3.05, 3.63) is 0 Å². The molecule has 0 bridgehead atoms. The van der Waals surface area contributed by atoms with Crippen LogP contribution in [0.25, 0.3) is 0 Å². The SMILES string of the molecule is CC1OCC(C)(C)S1. The molecule has 0 aromatic rings. The van der Waals surface area contributed by atoms with Crippen molar-refractivity contribution < 1.29 is 4.74 Å². The van der Waals surface area contributed by atoms with E-state index in [0.29, 0.717) is 10.2 Å². The Morgan fingerprint density at radius 3 is 2.38 bits per heavy atom. The fourth-order valence-electron chi connectivity index (χ4n) is 0.835. The van der Waals surface area contributed by atoms with Gasteiger partial charge in [0.25, 0.3) is 0 Å². The van der Waals surface area contributed by atoms with Gasteiger partial charge in [-0.15, -0.1) is 11.8 Å². The topological polar surface area (TPSA) is 9.23 Å². The maximum absolute atomic E-state index is 5.33. The smallest absolute Gasteiger partial charge is 0.101 e. The lowest BCUT2D eigenvalue weighted by molar-refractivity contribution is 0.133. The molecule has 2 heteroatoms. The Balaban J connectivity index is 2.44. The lowest BCUT2D eigenvalue weighted by Crippen LogP contribution is -2.13. The van der Waals surface area contributed by atoms with E-state index in [2.05, 4.69) is 20.8 Å². The Morgan fingerprint density at radius 1 is 1.62 bits per heavy atom. The molecule has 0 aromatic heterocycles. The Bertz CT molecular complexity index is 90.5. The van der Waals surface area contributed by atoms with E-state index in [4.69, 9.17) is 4.74 Å². The molecule has 8 heavy (non-hydrogen) atoms. The monoisotopic (exact) mass is 132 g/mol. The molecule has 48 valence electrons. The van der Waals surface area contributed by atoms with Crippen LogP contribution in [0.4, 0.5) is 0 Å². The van der Waals surface area contributed by atoms with Crippen LogP contribution in [-0.2, 0) is 4.74 Å². The molecule has 1 fully saturated rings. The summed E-state index contributed by atoms with van der Waals surface area (Å²) in [4.78, 5) is 0. The zero-order valence-corrected chi connectivity index (χ0v) is 6.42. The highest BCUT2D eigenvalue weighted by atomic mass is 32.2. The molecule has 0 N–H and O–H groups in total. The molecule has 0 aromatic carbocycles. The molecule has 1 nitrogen and oxygen atoms in total. The van der Waals surface area contributed by atoms with Crippen LogP contribution in [0.1, 0.15) is 20.8 Å². The number of hydrogen-bond acceptors (Lipinski definition) is 2. The van der Waals surface area contributed by atoms with Crippen LogP contribution < -0.4 is 0 Å². The van der Waals surface area contributed by atoms with Crippen LogP contribution in [-0.4, -0.2) is 16.8 Å². The van der Waals surface area contributed by atoms with Gasteiger partial charge in [0.2, 0.25) is 0 Å². The van der Waals surface area contributed by atoms with Gasteiger partial charge in [0, 0.05) is 4.75 Å². The maximum atomic E-state index is 5.33. The number of ether oxygens (including phenoxy) is 1. The van der Waals surface area contributed by atoms with Crippen molar-refractivity contribution in [2.45, 2.75) is 31.0 Å². The summed E-state index contributed by atoms with van der Waals surface area (Å²) in [5, 5.41) is 0. The molecule has 0 spiro atoms. The van der Waals surface area contributed by atoms with Crippen LogP contribution in [0.2, 0.25) is 0 Å². The highest BCUT2D eigenvalue weighted by Gasteiger charge is 2.29. The van der Waals surface area contributed by atoms with Gasteiger partial charge in [0.1, 0.15) is 5.44 Å². The fraction of sp³-hybridized carbons (Fsp3) is 1.00. The fourth-order valence-corrected chi connectivity index (χ4v) is 2.01. The summed E-state index contributed by atoms with van der Waals surface area (Å²) in [6.45, 7) is 7.42. The van der Waals surface area contributed by atoms with E-state index >= 15 is 0 Å². The third-order valence-corrected chi connectivity index (χ3v) is 2.37. The first-order valence-electron chi connectivity index (χ1n) is 2.90.